The molecule has 20 heavy (non-hydrogen) atoms. The minimum Gasteiger partial charge on any atom is -0.340 e. The number of hydrogen-bond acceptors (Lipinski definition) is 4. The average Bonchev–Trinajstić information content (AvgIpc) is 2.86. The van der Waals surface area contributed by atoms with Crippen molar-refractivity contribution in [2.24, 2.45) is 0 Å². The highest BCUT2D eigenvalue weighted by Gasteiger charge is 2.30. The van der Waals surface area contributed by atoms with Crippen LogP contribution in [0.3, 0.4) is 0 Å². The second-order valence-corrected chi connectivity index (χ2v) is 5.79. The number of amides is 1. The van der Waals surface area contributed by atoms with Crippen molar-refractivity contribution in [3.63, 3.8) is 0 Å². The Bertz CT molecular complexity index is 483. The molecule has 1 amide bonds. The summed E-state index contributed by atoms with van der Waals surface area (Å²) in [6.45, 7) is 5.89. The zero-order chi connectivity index (χ0) is 13.9. The predicted octanol–water partition coefficient (Wildman–Crippen LogP) is 1.37. The van der Waals surface area contributed by atoms with E-state index in [0.717, 1.165) is 63.4 Å². The minimum atomic E-state index is 0.356. The van der Waals surface area contributed by atoms with Crippen LogP contribution < -0.4 is 0 Å². The Hall–Kier alpha value is -1.49. The largest absolute Gasteiger partial charge is 0.340 e. The fourth-order valence-electron chi connectivity index (χ4n) is 3.27. The van der Waals surface area contributed by atoms with Crippen molar-refractivity contribution in [3.8, 4) is 0 Å². The molecular weight excluding hydrogens is 252 g/mol. The molecule has 3 heterocycles. The first kappa shape index (κ1) is 13.5. The summed E-state index contributed by atoms with van der Waals surface area (Å²) in [7, 11) is 0. The van der Waals surface area contributed by atoms with Gasteiger partial charge in [0.15, 0.2) is 0 Å². The van der Waals surface area contributed by atoms with Crippen LogP contribution in [0.15, 0.2) is 12.3 Å². The summed E-state index contributed by atoms with van der Waals surface area (Å²) >= 11 is 0. The molecule has 5 heteroatoms. The third-order valence-corrected chi connectivity index (χ3v) is 4.33. The molecule has 1 aromatic rings. The van der Waals surface area contributed by atoms with Gasteiger partial charge in [-0.2, -0.15) is 0 Å². The van der Waals surface area contributed by atoms with Crippen LogP contribution in [0, 0.1) is 6.92 Å². The Labute approximate surface area is 120 Å². The van der Waals surface area contributed by atoms with Gasteiger partial charge in [-0.15, -0.1) is 0 Å². The highest BCUT2D eigenvalue weighted by Crippen LogP contribution is 2.22. The Balaban J connectivity index is 1.52. The van der Waals surface area contributed by atoms with Crippen LogP contribution >= 0.6 is 0 Å². The molecule has 0 saturated carbocycles. The lowest BCUT2D eigenvalue weighted by molar-refractivity contribution is -0.130. The number of aromatic nitrogens is 2. The number of hydrogen-bond donors (Lipinski definition) is 0. The molecule has 2 fully saturated rings. The van der Waals surface area contributed by atoms with Gasteiger partial charge in [-0.25, -0.2) is 9.97 Å². The number of aryl methyl sites for hydroxylation is 1. The summed E-state index contributed by atoms with van der Waals surface area (Å²) in [5.74, 6) is 1.19. The van der Waals surface area contributed by atoms with Crippen LogP contribution in [0.25, 0.3) is 0 Å². The molecule has 3 rings (SSSR count). The van der Waals surface area contributed by atoms with Crippen LogP contribution in [0.1, 0.15) is 37.2 Å². The number of rotatable bonds is 3. The Morgan fingerprint density at radius 3 is 2.75 bits per heavy atom. The third-order valence-electron chi connectivity index (χ3n) is 4.33. The van der Waals surface area contributed by atoms with Crippen LogP contribution in [-0.4, -0.2) is 51.4 Å². The summed E-state index contributed by atoms with van der Waals surface area (Å²) in [6.07, 6.45) is 5.80. The molecule has 0 atom stereocenters. The van der Waals surface area contributed by atoms with Crippen molar-refractivity contribution in [2.75, 3.05) is 19.6 Å². The van der Waals surface area contributed by atoms with Crippen molar-refractivity contribution in [1.82, 2.24) is 19.8 Å². The fourth-order valence-corrected chi connectivity index (χ4v) is 3.27. The van der Waals surface area contributed by atoms with Gasteiger partial charge in [0, 0.05) is 44.8 Å². The van der Waals surface area contributed by atoms with Crippen LogP contribution in [-0.2, 0) is 11.3 Å². The lowest BCUT2D eigenvalue weighted by Gasteiger charge is -2.36. The normalized spacial score (nSPS) is 21.6. The van der Waals surface area contributed by atoms with Gasteiger partial charge >= 0.3 is 0 Å². The van der Waals surface area contributed by atoms with Gasteiger partial charge < -0.3 is 4.90 Å². The first-order valence-corrected chi connectivity index (χ1v) is 7.53. The van der Waals surface area contributed by atoms with E-state index < -0.39 is 0 Å². The quantitative estimate of drug-likeness (QED) is 0.835. The smallest absolute Gasteiger partial charge is 0.222 e. The number of carbonyl (C=O) groups is 1. The molecule has 0 aliphatic carbocycles. The van der Waals surface area contributed by atoms with Crippen molar-refractivity contribution >= 4 is 5.91 Å². The SMILES string of the molecule is Cc1nccc(CN2CCC(N3CCCC3=O)CC2)n1. The van der Waals surface area contributed by atoms with E-state index in [2.05, 4.69) is 19.8 Å². The molecule has 108 valence electrons. The molecule has 0 aromatic carbocycles. The van der Waals surface area contributed by atoms with Gasteiger partial charge in [0.25, 0.3) is 0 Å². The fraction of sp³-hybridized carbons (Fsp3) is 0.667. The summed E-state index contributed by atoms with van der Waals surface area (Å²) in [5, 5.41) is 0. The number of likely N-dealkylation sites (tertiary alicyclic amines) is 2. The predicted molar refractivity (Wildman–Crippen MR) is 76.0 cm³/mol. The van der Waals surface area contributed by atoms with Crippen molar-refractivity contribution in [1.29, 1.82) is 0 Å². The molecule has 0 spiro atoms. The third kappa shape index (κ3) is 2.98. The van der Waals surface area contributed by atoms with Crippen molar-refractivity contribution in [3.05, 3.63) is 23.8 Å². The molecule has 0 N–H and O–H groups in total. The maximum absolute atomic E-state index is 11.8. The molecule has 0 radical (unpaired) electrons. The second-order valence-electron chi connectivity index (χ2n) is 5.79. The van der Waals surface area contributed by atoms with Crippen LogP contribution in [0.5, 0.6) is 0 Å². The summed E-state index contributed by atoms with van der Waals surface area (Å²) in [6, 6.07) is 2.46. The molecular formula is C15H22N4O. The van der Waals surface area contributed by atoms with E-state index in [1.165, 1.54) is 0 Å². The number of carbonyl (C=O) groups excluding carboxylic acids is 1. The topological polar surface area (TPSA) is 49.3 Å². The summed E-state index contributed by atoms with van der Waals surface area (Å²) in [5.41, 5.74) is 1.09. The molecule has 0 bridgehead atoms. The lowest BCUT2D eigenvalue weighted by atomic mass is 10.0. The van der Waals surface area contributed by atoms with E-state index in [1.54, 1.807) is 0 Å². The van der Waals surface area contributed by atoms with Gasteiger partial charge in [-0.05, 0) is 32.3 Å². The van der Waals surface area contributed by atoms with E-state index in [1.807, 2.05) is 19.2 Å². The zero-order valence-electron chi connectivity index (χ0n) is 12.1. The Kier molecular flexibility index (Phi) is 3.96. The molecule has 1 aromatic heterocycles. The summed E-state index contributed by atoms with van der Waals surface area (Å²) in [4.78, 5) is 24.9. The molecule has 2 aliphatic rings. The summed E-state index contributed by atoms with van der Waals surface area (Å²) < 4.78 is 0. The van der Waals surface area contributed by atoms with E-state index in [-0.39, 0.29) is 0 Å². The van der Waals surface area contributed by atoms with Crippen LogP contribution in [0.2, 0.25) is 0 Å². The monoisotopic (exact) mass is 274 g/mol. The Morgan fingerprint density at radius 1 is 1.30 bits per heavy atom. The van der Waals surface area contributed by atoms with Gasteiger partial charge in [0.05, 0.1) is 5.69 Å². The molecule has 5 nitrogen and oxygen atoms in total. The number of nitrogens with zero attached hydrogens (tertiary/aromatic N) is 4. The van der Waals surface area contributed by atoms with Gasteiger partial charge in [0.2, 0.25) is 5.91 Å². The van der Waals surface area contributed by atoms with Gasteiger partial charge in [-0.1, -0.05) is 0 Å². The maximum Gasteiger partial charge on any atom is 0.222 e. The van der Waals surface area contributed by atoms with E-state index in [9.17, 15) is 4.79 Å². The zero-order valence-corrected chi connectivity index (χ0v) is 12.1. The standard InChI is InChI=1S/C15H22N4O/c1-12-16-7-4-13(17-12)11-18-9-5-14(6-10-18)19-8-2-3-15(19)20/h4,7,14H,2-3,5-6,8-11H2,1H3. The molecule has 2 aliphatic heterocycles. The van der Waals surface area contributed by atoms with E-state index in [0.29, 0.717) is 11.9 Å². The lowest BCUT2D eigenvalue weighted by Crippen LogP contribution is -2.45. The van der Waals surface area contributed by atoms with Crippen molar-refractivity contribution in [2.45, 2.75) is 45.2 Å². The van der Waals surface area contributed by atoms with Gasteiger partial charge in [-0.3, -0.25) is 9.69 Å². The minimum absolute atomic E-state index is 0.356. The molecule has 2 saturated heterocycles. The number of piperidine rings is 1. The first-order chi connectivity index (χ1) is 9.72. The van der Waals surface area contributed by atoms with Crippen LogP contribution in [0.4, 0.5) is 0 Å². The molecule has 0 unspecified atom stereocenters. The van der Waals surface area contributed by atoms with E-state index >= 15 is 0 Å². The highest BCUT2D eigenvalue weighted by molar-refractivity contribution is 5.78. The maximum atomic E-state index is 11.8. The van der Waals surface area contributed by atoms with E-state index in [4.69, 9.17) is 0 Å². The van der Waals surface area contributed by atoms with Crippen molar-refractivity contribution < 1.29 is 4.79 Å². The Morgan fingerprint density at radius 2 is 2.10 bits per heavy atom. The first-order valence-electron chi connectivity index (χ1n) is 7.53. The van der Waals surface area contributed by atoms with Gasteiger partial charge in [0.1, 0.15) is 5.82 Å². The average molecular weight is 274 g/mol. The highest BCUT2D eigenvalue weighted by atomic mass is 16.2. The second kappa shape index (κ2) is 5.87.